The molecule has 0 unspecified atom stereocenters. The van der Waals surface area contributed by atoms with Crippen molar-refractivity contribution in [3.63, 3.8) is 0 Å². The highest BCUT2D eigenvalue weighted by molar-refractivity contribution is 5.88. The predicted octanol–water partition coefficient (Wildman–Crippen LogP) is 3.19. The summed E-state index contributed by atoms with van der Waals surface area (Å²) in [5.41, 5.74) is 1.91. The standard InChI is InChI=1S/C27H34N2O7/c1-17(2)21-11-18-12-25(34-8-4-6-28-7-5-27(16-28)35-9-10-36-27)24(33-3)13-19(18)22-14-23(30)20(26(31)32)15-29(21)22/h12-15,17,21H,4-11,16H2,1-3H3,(H,31,32)/t21-/m1/s1. The minimum atomic E-state index is -1.21. The Balaban J connectivity index is 1.33. The lowest BCUT2D eigenvalue weighted by Crippen LogP contribution is -2.34. The number of methoxy groups -OCH3 is 1. The minimum absolute atomic E-state index is 0.0231. The molecule has 1 N–H and O–H groups in total. The molecule has 0 saturated carbocycles. The van der Waals surface area contributed by atoms with Gasteiger partial charge in [0.15, 0.2) is 22.7 Å². The van der Waals surface area contributed by atoms with E-state index in [-0.39, 0.29) is 17.5 Å². The molecule has 0 bridgehead atoms. The van der Waals surface area contributed by atoms with Crippen molar-refractivity contribution in [2.75, 3.05) is 46.6 Å². The van der Waals surface area contributed by atoms with E-state index < -0.39 is 17.2 Å². The van der Waals surface area contributed by atoms with Crippen LogP contribution in [0.2, 0.25) is 0 Å². The number of likely N-dealkylation sites (tertiary alicyclic amines) is 1. The Morgan fingerprint density at radius 2 is 2.00 bits per heavy atom. The van der Waals surface area contributed by atoms with Gasteiger partial charge in [0.2, 0.25) is 0 Å². The molecule has 194 valence electrons. The molecule has 0 aliphatic carbocycles. The molecule has 2 aromatic rings. The van der Waals surface area contributed by atoms with Gasteiger partial charge in [-0.2, -0.15) is 0 Å². The van der Waals surface area contributed by atoms with E-state index in [2.05, 4.69) is 18.7 Å². The molecule has 3 aliphatic heterocycles. The first kappa shape index (κ1) is 24.8. The zero-order valence-corrected chi connectivity index (χ0v) is 21.1. The number of pyridine rings is 1. The lowest BCUT2D eigenvalue weighted by Gasteiger charge is -2.33. The van der Waals surface area contributed by atoms with Crippen molar-refractivity contribution in [3.8, 4) is 22.8 Å². The van der Waals surface area contributed by atoms with E-state index in [1.807, 2.05) is 16.7 Å². The van der Waals surface area contributed by atoms with Gasteiger partial charge in [-0.05, 0) is 36.5 Å². The van der Waals surface area contributed by atoms with Gasteiger partial charge in [0.25, 0.3) is 0 Å². The van der Waals surface area contributed by atoms with Gasteiger partial charge in [0.1, 0.15) is 5.56 Å². The number of rotatable bonds is 8. The maximum absolute atomic E-state index is 12.5. The number of carbonyl (C=O) groups is 1. The summed E-state index contributed by atoms with van der Waals surface area (Å²) < 4.78 is 25.3. The number of hydrogen-bond donors (Lipinski definition) is 1. The number of ether oxygens (including phenoxy) is 4. The minimum Gasteiger partial charge on any atom is -0.493 e. The van der Waals surface area contributed by atoms with E-state index in [4.69, 9.17) is 18.9 Å². The summed E-state index contributed by atoms with van der Waals surface area (Å²) >= 11 is 0. The third-order valence-corrected chi connectivity index (χ3v) is 7.49. The first-order chi connectivity index (χ1) is 17.3. The number of carboxylic acid groups (broad SMARTS) is 1. The van der Waals surface area contributed by atoms with Crippen LogP contribution in [-0.2, 0) is 15.9 Å². The maximum Gasteiger partial charge on any atom is 0.341 e. The van der Waals surface area contributed by atoms with Gasteiger partial charge in [-0.25, -0.2) is 4.79 Å². The highest BCUT2D eigenvalue weighted by atomic mass is 16.7. The van der Waals surface area contributed by atoms with Crippen molar-refractivity contribution >= 4 is 5.97 Å². The average molecular weight is 499 g/mol. The quantitative estimate of drug-likeness (QED) is 0.554. The molecule has 36 heavy (non-hydrogen) atoms. The van der Waals surface area contributed by atoms with E-state index in [1.54, 1.807) is 7.11 Å². The number of hydrogen-bond acceptors (Lipinski definition) is 7. The number of carboxylic acids is 1. The molecule has 1 aromatic heterocycles. The molecule has 9 heteroatoms. The first-order valence-electron chi connectivity index (χ1n) is 12.6. The highest BCUT2D eigenvalue weighted by Gasteiger charge is 2.42. The fraction of sp³-hybridized carbons (Fsp3) is 0.556. The summed E-state index contributed by atoms with van der Waals surface area (Å²) in [7, 11) is 1.60. The summed E-state index contributed by atoms with van der Waals surface area (Å²) in [5, 5.41) is 9.47. The van der Waals surface area contributed by atoms with E-state index in [9.17, 15) is 14.7 Å². The van der Waals surface area contributed by atoms with Gasteiger partial charge in [-0.15, -0.1) is 0 Å². The van der Waals surface area contributed by atoms with Crippen LogP contribution >= 0.6 is 0 Å². The molecule has 4 heterocycles. The Bertz CT molecular complexity index is 1200. The predicted molar refractivity (Wildman–Crippen MR) is 133 cm³/mol. The number of aromatic nitrogens is 1. The van der Waals surface area contributed by atoms with Crippen LogP contribution in [0.4, 0.5) is 0 Å². The molecule has 1 atom stereocenters. The summed E-state index contributed by atoms with van der Waals surface area (Å²) in [6.07, 6.45) is 3.95. The van der Waals surface area contributed by atoms with Crippen molar-refractivity contribution < 1.29 is 28.8 Å². The number of nitrogens with zero attached hydrogens (tertiary/aromatic N) is 2. The maximum atomic E-state index is 12.5. The third kappa shape index (κ3) is 4.63. The van der Waals surface area contributed by atoms with Crippen LogP contribution < -0.4 is 14.9 Å². The molecule has 2 saturated heterocycles. The topological polar surface area (TPSA) is 99.5 Å². The molecule has 0 radical (unpaired) electrons. The van der Waals surface area contributed by atoms with Crippen LogP contribution in [0.3, 0.4) is 0 Å². The van der Waals surface area contributed by atoms with Crippen LogP contribution in [0.25, 0.3) is 11.3 Å². The van der Waals surface area contributed by atoms with Gasteiger partial charge in [0, 0.05) is 43.4 Å². The Morgan fingerprint density at radius 1 is 1.22 bits per heavy atom. The van der Waals surface area contributed by atoms with Crippen LogP contribution in [0.5, 0.6) is 11.5 Å². The van der Waals surface area contributed by atoms with E-state index in [1.165, 1.54) is 12.3 Å². The van der Waals surface area contributed by atoms with Crippen LogP contribution in [0, 0.1) is 5.92 Å². The van der Waals surface area contributed by atoms with Crippen molar-refractivity contribution in [2.45, 2.75) is 44.9 Å². The molecular formula is C27H34N2O7. The lowest BCUT2D eigenvalue weighted by atomic mass is 9.87. The molecule has 3 aliphatic rings. The fourth-order valence-electron chi connectivity index (χ4n) is 5.58. The summed E-state index contributed by atoms with van der Waals surface area (Å²) in [4.78, 5) is 26.5. The van der Waals surface area contributed by atoms with Gasteiger partial charge < -0.3 is 28.6 Å². The molecule has 2 fully saturated rings. The highest BCUT2D eigenvalue weighted by Crippen LogP contribution is 2.42. The Hall–Kier alpha value is -2.88. The zero-order valence-electron chi connectivity index (χ0n) is 21.1. The average Bonchev–Trinajstić information content (AvgIpc) is 3.49. The van der Waals surface area contributed by atoms with Crippen LogP contribution in [0.1, 0.15) is 48.7 Å². The molecule has 5 rings (SSSR count). The zero-order chi connectivity index (χ0) is 25.4. The summed E-state index contributed by atoms with van der Waals surface area (Å²) in [5.74, 6) is -0.108. The Morgan fingerprint density at radius 3 is 2.69 bits per heavy atom. The largest absolute Gasteiger partial charge is 0.493 e. The van der Waals surface area contributed by atoms with E-state index in [0.717, 1.165) is 43.6 Å². The van der Waals surface area contributed by atoms with Crippen molar-refractivity contribution in [3.05, 3.63) is 45.7 Å². The molecule has 0 amide bonds. The second kappa shape index (κ2) is 9.88. The second-order valence-corrected chi connectivity index (χ2v) is 10.2. The lowest BCUT2D eigenvalue weighted by molar-refractivity contribution is -0.145. The van der Waals surface area contributed by atoms with Crippen molar-refractivity contribution in [1.29, 1.82) is 0 Å². The van der Waals surface area contributed by atoms with Gasteiger partial charge in [-0.1, -0.05) is 13.8 Å². The number of benzene rings is 1. The van der Waals surface area contributed by atoms with E-state index >= 15 is 0 Å². The second-order valence-electron chi connectivity index (χ2n) is 10.2. The molecule has 1 aromatic carbocycles. The normalized spacial score (nSPS) is 20.5. The smallest absolute Gasteiger partial charge is 0.341 e. The third-order valence-electron chi connectivity index (χ3n) is 7.49. The monoisotopic (exact) mass is 498 g/mol. The fourth-order valence-corrected chi connectivity index (χ4v) is 5.58. The van der Waals surface area contributed by atoms with E-state index in [0.29, 0.717) is 43.4 Å². The molecular weight excluding hydrogens is 464 g/mol. The molecule has 9 nitrogen and oxygen atoms in total. The van der Waals surface area contributed by atoms with Crippen molar-refractivity contribution in [2.24, 2.45) is 5.92 Å². The first-order valence-corrected chi connectivity index (χ1v) is 12.6. The summed E-state index contributed by atoms with van der Waals surface area (Å²) in [6, 6.07) is 5.35. The van der Waals surface area contributed by atoms with Crippen LogP contribution in [0.15, 0.2) is 29.2 Å². The van der Waals surface area contributed by atoms with Gasteiger partial charge in [-0.3, -0.25) is 9.69 Å². The van der Waals surface area contributed by atoms with Crippen molar-refractivity contribution in [1.82, 2.24) is 9.47 Å². The van der Waals surface area contributed by atoms with Gasteiger partial charge in [0.05, 0.1) is 39.2 Å². The Kier molecular flexibility index (Phi) is 6.80. The SMILES string of the molecule is COc1cc2c(cc1OCCCN1CCC3(C1)OCCO3)C[C@H](C(C)C)n1cc(C(=O)O)c(=O)cc1-2. The summed E-state index contributed by atoms with van der Waals surface area (Å²) in [6.45, 7) is 8.76. The molecule has 1 spiro atoms. The van der Waals surface area contributed by atoms with Gasteiger partial charge >= 0.3 is 5.97 Å². The Labute approximate surface area is 210 Å². The van der Waals surface area contributed by atoms with Crippen LogP contribution in [-0.4, -0.2) is 72.9 Å². The number of fused-ring (bicyclic) bond motifs is 3. The number of aromatic carboxylic acids is 1.